The normalized spacial score (nSPS) is 10.9. The highest BCUT2D eigenvalue weighted by Crippen LogP contribution is 2.27. The number of nitrogens with two attached hydrogens (primary N) is 1. The zero-order valence-electron chi connectivity index (χ0n) is 10.6. The van der Waals surface area contributed by atoms with E-state index in [9.17, 15) is 4.39 Å². The first-order chi connectivity index (χ1) is 9.60. The van der Waals surface area contributed by atoms with Crippen LogP contribution in [-0.2, 0) is 0 Å². The van der Waals surface area contributed by atoms with Gasteiger partial charge in [0.25, 0.3) is 0 Å². The second kappa shape index (κ2) is 4.93. The molecule has 0 fully saturated rings. The van der Waals surface area contributed by atoms with E-state index >= 15 is 0 Å². The van der Waals surface area contributed by atoms with Gasteiger partial charge in [-0.25, -0.2) is 9.37 Å². The molecule has 0 saturated heterocycles. The van der Waals surface area contributed by atoms with E-state index in [0.717, 1.165) is 5.69 Å². The van der Waals surface area contributed by atoms with Gasteiger partial charge in [-0.3, -0.25) is 4.57 Å². The molecule has 0 unspecified atom stereocenters. The molecule has 4 nitrogen and oxygen atoms in total. The Kier molecular flexibility index (Phi) is 3.25. The van der Waals surface area contributed by atoms with Crippen molar-refractivity contribution in [1.82, 2.24) is 9.55 Å². The van der Waals surface area contributed by atoms with Crippen LogP contribution in [0.4, 0.5) is 10.3 Å². The Labute approximate surface area is 128 Å². The third-order valence-electron chi connectivity index (χ3n) is 3.03. The summed E-state index contributed by atoms with van der Waals surface area (Å²) in [5.41, 5.74) is 8.04. The number of imidazole rings is 1. The minimum Gasteiger partial charge on any atom is -0.497 e. The third kappa shape index (κ3) is 2.09. The topological polar surface area (TPSA) is 53.1 Å². The van der Waals surface area contributed by atoms with E-state index in [-0.39, 0.29) is 5.82 Å². The molecule has 0 saturated carbocycles. The van der Waals surface area contributed by atoms with Crippen molar-refractivity contribution >= 4 is 39.6 Å². The summed E-state index contributed by atoms with van der Waals surface area (Å²) in [4.78, 5) is 4.28. The second-order valence-corrected chi connectivity index (χ2v) is 5.42. The van der Waals surface area contributed by atoms with E-state index in [1.807, 2.05) is 46.9 Å². The predicted octanol–water partition coefficient (Wildman–Crippen LogP) is 3.36. The van der Waals surface area contributed by atoms with Crippen LogP contribution in [0.1, 0.15) is 0 Å². The van der Waals surface area contributed by atoms with Crippen molar-refractivity contribution in [2.24, 2.45) is 0 Å². The summed E-state index contributed by atoms with van der Waals surface area (Å²) in [6.45, 7) is 0. The van der Waals surface area contributed by atoms with Crippen LogP contribution >= 0.6 is 22.6 Å². The summed E-state index contributed by atoms with van der Waals surface area (Å²) in [5, 5.41) is 0. The first-order valence-electron chi connectivity index (χ1n) is 5.87. The molecule has 1 aromatic heterocycles. The van der Waals surface area contributed by atoms with E-state index in [2.05, 4.69) is 4.98 Å². The van der Waals surface area contributed by atoms with Gasteiger partial charge in [-0.2, -0.15) is 0 Å². The van der Waals surface area contributed by atoms with Gasteiger partial charge in [-0.05, 0) is 40.8 Å². The summed E-state index contributed by atoms with van der Waals surface area (Å²) < 4.78 is 21.2. The van der Waals surface area contributed by atoms with Crippen molar-refractivity contribution in [2.75, 3.05) is 12.8 Å². The van der Waals surface area contributed by atoms with Crippen LogP contribution in [0.15, 0.2) is 36.4 Å². The quantitative estimate of drug-likeness (QED) is 0.691. The molecule has 0 atom stereocenters. The molecule has 102 valence electrons. The molecule has 0 bridgehead atoms. The molecule has 0 aliphatic carbocycles. The lowest BCUT2D eigenvalue weighted by Crippen LogP contribution is -2.01. The number of fused-ring (bicyclic) bond motifs is 1. The van der Waals surface area contributed by atoms with Gasteiger partial charge in [0.2, 0.25) is 5.95 Å². The summed E-state index contributed by atoms with van der Waals surface area (Å²) in [6, 6.07) is 10.5. The van der Waals surface area contributed by atoms with Crippen LogP contribution in [0.5, 0.6) is 5.75 Å². The Hall–Kier alpha value is -1.83. The first-order valence-corrected chi connectivity index (χ1v) is 6.95. The van der Waals surface area contributed by atoms with Gasteiger partial charge in [-0.1, -0.05) is 6.07 Å². The number of aromatic nitrogens is 2. The highest BCUT2D eigenvalue weighted by atomic mass is 127. The molecule has 3 aromatic rings. The number of anilines is 1. The lowest BCUT2D eigenvalue weighted by molar-refractivity contribution is 0.414. The molecule has 3 rings (SSSR count). The lowest BCUT2D eigenvalue weighted by atomic mass is 10.2. The summed E-state index contributed by atoms with van der Waals surface area (Å²) in [6.07, 6.45) is 0. The minimum atomic E-state index is -0.290. The van der Waals surface area contributed by atoms with Crippen molar-refractivity contribution in [3.05, 3.63) is 45.8 Å². The van der Waals surface area contributed by atoms with Crippen molar-refractivity contribution in [1.29, 1.82) is 0 Å². The van der Waals surface area contributed by atoms with E-state index in [1.54, 1.807) is 17.7 Å². The fourth-order valence-electron chi connectivity index (χ4n) is 2.11. The van der Waals surface area contributed by atoms with E-state index in [1.165, 1.54) is 6.07 Å². The lowest BCUT2D eigenvalue weighted by Gasteiger charge is -2.08. The van der Waals surface area contributed by atoms with Crippen LogP contribution in [-0.4, -0.2) is 16.7 Å². The average Bonchev–Trinajstić information content (AvgIpc) is 2.74. The SMILES string of the molecule is COc1cccc(-n2c(N)nc3cc(I)c(F)cc32)c1. The number of nitrogens with zero attached hydrogens (tertiary/aromatic N) is 2. The number of halogens is 2. The molecule has 0 amide bonds. The molecule has 0 radical (unpaired) electrons. The van der Waals surface area contributed by atoms with Crippen LogP contribution in [0.2, 0.25) is 0 Å². The van der Waals surface area contributed by atoms with Crippen molar-refractivity contribution in [3.63, 3.8) is 0 Å². The van der Waals surface area contributed by atoms with Gasteiger partial charge in [0.05, 0.1) is 27.4 Å². The fourth-order valence-corrected chi connectivity index (χ4v) is 2.56. The molecule has 0 aliphatic heterocycles. The molecule has 6 heteroatoms. The Morgan fingerprint density at radius 1 is 1.30 bits per heavy atom. The predicted molar refractivity (Wildman–Crippen MR) is 84.7 cm³/mol. The standard InChI is InChI=1S/C14H11FIN3O/c1-20-9-4-2-3-8(5-9)19-13-6-10(15)11(16)7-12(13)18-14(19)17/h2-7H,1H3,(H2,17,18). The monoisotopic (exact) mass is 383 g/mol. The Balaban J connectivity index is 2.29. The number of hydrogen-bond donors (Lipinski definition) is 1. The largest absolute Gasteiger partial charge is 0.497 e. The van der Waals surface area contributed by atoms with Gasteiger partial charge >= 0.3 is 0 Å². The van der Waals surface area contributed by atoms with Crippen LogP contribution in [0, 0.1) is 9.39 Å². The van der Waals surface area contributed by atoms with Gasteiger partial charge in [0, 0.05) is 12.1 Å². The Bertz CT molecular complexity index is 800. The van der Waals surface area contributed by atoms with Crippen LogP contribution in [0.25, 0.3) is 16.7 Å². The Morgan fingerprint density at radius 3 is 2.85 bits per heavy atom. The van der Waals surface area contributed by atoms with Crippen molar-refractivity contribution < 1.29 is 9.13 Å². The minimum absolute atomic E-state index is 0.290. The average molecular weight is 383 g/mol. The van der Waals surface area contributed by atoms with Gasteiger partial charge in [-0.15, -0.1) is 0 Å². The maximum Gasteiger partial charge on any atom is 0.205 e. The number of methoxy groups -OCH3 is 1. The molecule has 2 N–H and O–H groups in total. The van der Waals surface area contributed by atoms with E-state index in [0.29, 0.717) is 26.3 Å². The number of benzene rings is 2. The molecule has 2 aromatic carbocycles. The molecular formula is C14H11FIN3O. The van der Waals surface area contributed by atoms with Gasteiger partial charge in [0.15, 0.2) is 0 Å². The van der Waals surface area contributed by atoms with Gasteiger partial charge < -0.3 is 10.5 Å². The van der Waals surface area contributed by atoms with E-state index < -0.39 is 0 Å². The highest BCUT2D eigenvalue weighted by Gasteiger charge is 2.13. The maximum atomic E-state index is 13.8. The van der Waals surface area contributed by atoms with Gasteiger partial charge in [0.1, 0.15) is 11.6 Å². The molecule has 1 heterocycles. The molecule has 0 aliphatic rings. The number of rotatable bonds is 2. The fraction of sp³-hybridized carbons (Fsp3) is 0.0714. The maximum absolute atomic E-state index is 13.8. The van der Waals surface area contributed by atoms with Crippen LogP contribution in [0.3, 0.4) is 0 Å². The second-order valence-electron chi connectivity index (χ2n) is 4.26. The van der Waals surface area contributed by atoms with Crippen molar-refractivity contribution in [3.8, 4) is 11.4 Å². The zero-order valence-corrected chi connectivity index (χ0v) is 12.8. The molecular weight excluding hydrogens is 372 g/mol. The number of ether oxygens (including phenoxy) is 1. The highest BCUT2D eigenvalue weighted by molar-refractivity contribution is 14.1. The summed E-state index contributed by atoms with van der Waals surface area (Å²) >= 11 is 1.93. The number of hydrogen-bond acceptors (Lipinski definition) is 3. The molecule has 0 spiro atoms. The van der Waals surface area contributed by atoms with Crippen molar-refractivity contribution in [2.45, 2.75) is 0 Å². The van der Waals surface area contributed by atoms with Crippen LogP contribution < -0.4 is 10.5 Å². The third-order valence-corrected chi connectivity index (χ3v) is 3.86. The molecule has 20 heavy (non-hydrogen) atoms. The number of nitrogen functional groups attached to an aromatic ring is 1. The smallest absolute Gasteiger partial charge is 0.205 e. The summed E-state index contributed by atoms with van der Waals surface area (Å²) in [5.74, 6) is 0.728. The first kappa shape index (κ1) is 13.2. The Morgan fingerprint density at radius 2 is 2.10 bits per heavy atom. The zero-order chi connectivity index (χ0) is 14.3. The van der Waals surface area contributed by atoms with E-state index in [4.69, 9.17) is 10.5 Å². The summed E-state index contributed by atoms with van der Waals surface area (Å²) in [7, 11) is 1.59.